The van der Waals surface area contributed by atoms with Crippen molar-refractivity contribution in [2.24, 2.45) is 0 Å². The van der Waals surface area contributed by atoms with Crippen molar-refractivity contribution in [2.75, 3.05) is 11.9 Å². The fraction of sp³-hybridized carbons (Fsp3) is 0.267. The summed E-state index contributed by atoms with van der Waals surface area (Å²) in [6.45, 7) is 5.38. The fourth-order valence-corrected chi connectivity index (χ4v) is 1.78. The van der Waals surface area contributed by atoms with Crippen LogP contribution in [0, 0.1) is 0 Å². The van der Waals surface area contributed by atoms with Gasteiger partial charge in [-0.05, 0) is 17.7 Å². The van der Waals surface area contributed by atoms with E-state index in [-0.39, 0.29) is 5.41 Å². The first-order chi connectivity index (χ1) is 8.18. The van der Waals surface area contributed by atoms with Gasteiger partial charge in [-0.3, -0.25) is 4.98 Å². The Balaban J connectivity index is 2.03. The molecule has 0 amide bonds. The smallest absolute Gasteiger partial charge is 0.0527 e. The standard InChI is InChI=1S/C15H18N2/c1-15(2,13-7-4-3-5-8-13)12-17-14-9-6-10-16-11-14/h3-11,17H,12H2,1-2H3. The van der Waals surface area contributed by atoms with Crippen LogP contribution >= 0.6 is 0 Å². The summed E-state index contributed by atoms with van der Waals surface area (Å²) in [5, 5.41) is 3.42. The van der Waals surface area contributed by atoms with Crippen LogP contribution in [0.2, 0.25) is 0 Å². The Kier molecular flexibility index (Phi) is 3.43. The lowest BCUT2D eigenvalue weighted by atomic mass is 9.84. The average molecular weight is 226 g/mol. The molecule has 2 rings (SSSR count). The van der Waals surface area contributed by atoms with Crippen LogP contribution < -0.4 is 5.32 Å². The molecule has 0 saturated carbocycles. The minimum atomic E-state index is 0.108. The summed E-state index contributed by atoms with van der Waals surface area (Å²) >= 11 is 0. The van der Waals surface area contributed by atoms with Gasteiger partial charge >= 0.3 is 0 Å². The van der Waals surface area contributed by atoms with E-state index in [1.807, 2.05) is 24.4 Å². The zero-order chi connectivity index (χ0) is 12.1. The van der Waals surface area contributed by atoms with Crippen molar-refractivity contribution in [2.45, 2.75) is 19.3 Å². The third kappa shape index (κ3) is 3.06. The number of hydrogen-bond donors (Lipinski definition) is 1. The molecule has 0 aliphatic carbocycles. The molecule has 0 aliphatic heterocycles. The predicted octanol–water partition coefficient (Wildman–Crippen LogP) is 3.47. The first-order valence-corrected chi connectivity index (χ1v) is 5.88. The van der Waals surface area contributed by atoms with Crippen LogP contribution in [0.4, 0.5) is 5.69 Å². The van der Waals surface area contributed by atoms with E-state index in [2.05, 4.69) is 48.4 Å². The number of hydrogen-bond acceptors (Lipinski definition) is 2. The van der Waals surface area contributed by atoms with Gasteiger partial charge in [0.05, 0.1) is 5.69 Å². The number of nitrogens with one attached hydrogen (secondary N) is 1. The molecule has 17 heavy (non-hydrogen) atoms. The molecule has 1 N–H and O–H groups in total. The van der Waals surface area contributed by atoms with Crippen molar-refractivity contribution >= 4 is 5.69 Å². The zero-order valence-corrected chi connectivity index (χ0v) is 10.4. The maximum absolute atomic E-state index is 4.10. The molecule has 0 unspecified atom stereocenters. The van der Waals surface area contributed by atoms with Crippen molar-refractivity contribution in [1.82, 2.24) is 4.98 Å². The van der Waals surface area contributed by atoms with Crippen LogP contribution in [0.15, 0.2) is 54.9 Å². The van der Waals surface area contributed by atoms with Gasteiger partial charge in [-0.1, -0.05) is 44.2 Å². The van der Waals surface area contributed by atoms with Crippen molar-refractivity contribution in [1.29, 1.82) is 0 Å². The third-order valence-corrected chi connectivity index (χ3v) is 2.95. The van der Waals surface area contributed by atoms with Crippen LogP contribution in [0.5, 0.6) is 0 Å². The molecule has 0 bridgehead atoms. The molecular formula is C15H18N2. The first-order valence-electron chi connectivity index (χ1n) is 5.88. The summed E-state index contributed by atoms with van der Waals surface area (Å²) in [5.74, 6) is 0. The van der Waals surface area contributed by atoms with Gasteiger partial charge in [0.2, 0.25) is 0 Å². The highest BCUT2D eigenvalue weighted by atomic mass is 14.9. The van der Waals surface area contributed by atoms with E-state index in [0.717, 1.165) is 12.2 Å². The van der Waals surface area contributed by atoms with Gasteiger partial charge in [0.25, 0.3) is 0 Å². The lowest BCUT2D eigenvalue weighted by molar-refractivity contribution is 0.557. The summed E-state index contributed by atoms with van der Waals surface area (Å²) in [5.41, 5.74) is 2.52. The maximum Gasteiger partial charge on any atom is 0.0527 e. The predicted molar refractivity (Wildman–Crippen MR) is 72.2 cm³/mol. The molecule has 1 aromatic carbocycles. The second-order valence-corrected chi connectivity index (χ2v) is 4.85. The van der Waals surface area contributed by atoms with E-state index in [1.54, 1.807) is 6.20 Å². The van der Waals surface area contributed by atoms with E-state index in [1.165, 1.54) is 5.56 Å². The molecule has 1 aromatic heterocycles. The van der Waals surface area contributed by atoms with Crippen molar-refractivity contribution in [3.63, 3.8) is 0 Å². The number of aromatic nitrogens is 1. The Labute approximate surface area is 103 Å². The van der Waals surface area contributed by atoms with E-state index >= 15 is 0 Å². The summed E-state index contributed by atoms with van der Waals surface area (Å²) in [6.07, 6.45) is 3.63. The second kappa shape index (κ2) is 5.00. The van der Waals surface area contributed by atoms with Gasteiger partial charge in [-0.2, -0.15) is 0 Å². The summed E-state index contributed by atoms with van der Waals surface area (Å²) in [7, 11) is 0. The second-order valence-electron chi connectivity index (χ2n) is 4.85. The summed E-state index contributed by atoms with van der Waals surface area (Å²) in [4.78, 5) is 4.10. The van der Waals surface area contributed by atoms with Crippen molar-refractivity contribution < 1.29 is 0 Å². The Morgan fingerprint density at radius 3 is 2.47 bits per heavy atom. The van der Waals surface area contributed by atoms with Gasteiger partial charge in [0.1, 0.15) is 0 Å². The van der Waals surface area contributed by atoms with Gasteiger partial charge in [0.15, 0.2) is 0 Å². The Bertz CT molecular complexity index is 449. The Morgan fingerprint density at radius 2 is 1.82 bits per heavy atom. The first kappa shape index (κ1) is 11.6. The third-order valence-electron chi connectivity index (χ3n) is 2.95. The highest BCUT2D eigenvalue weighted by Gasteiger charge is 2.19. The van der Waals surface area contributed by atoms with Crippen LogP contribution in [-0.2, 0) is 5.41 Å². The zero-order valence-electron chi connectivity index (χ0n) is 10.4. The van der Waals surface area contributed by atoms with E-state index in [9.17, 15) is 0 Å². The molecular weight excluding hydrogens is 208 g/mol. The summed E-state index contributed by atoms with van der Waals surface area (Å²) in [6, 6.07) is 14.5. The number of anilines is 1. The number of benzene rings is 1. The molecule has 0 atom stereocenters. The van der Waals surface area contributed by atoms with E-state index in [4.69, 9.17) is 0 Å². The maximum atomic E-state index is 4.10. The number of rotatable bonds is 4. The van der Waals surface area contributed by atoms with Crippen molar-refractivity contribution in [3.05, 3.63) is 60.4 Å². The van der Waals surface area contributed by atoms with Crippen LogP contribution in [0.3, 0.4) is 0 Å². The highest BCUT2D eigenvalue weighted by molar-refractivity contribution is 5.41. The molecule has 0 radical (unpaired) electrons. The lowest BCUT2D eigenvalue weighted by Gasteiger charge is -2.26. The SMILES string of the molecule is CC(C)(CNc1cccnc1)c1ccccc1. The molecule has 2 aromatic rings. The molecule has 0 spiro atoms. The Morgan fingerprint density at radius 1 is 1.06 bits per heavy atom. The largest absolute Gasteiger partial charge is 0.383 e. The van der Waals surface area contributed by atoms with Crippen LogP contribution in [-0.4, -0.2) is 11.5 Å². The topological polar surface area (TPSA) is 24.9 Å². The van der Waals surface area contributed by atoms with Gasteiger partial charge in [-0.25, -0.2) is 0 Å². The molecule has 1 heterocycles. The van der Waals surface area contributed by atoms with Gasteiger partial charge in [0, 0.05) is 24.4 Å². The monoisotopic (exact) mass is 226 g/mol. The molecule has 2 nitrogen and oxygen atoms in total. The molecule has 88 valence electrons. The normalized spacial score (nSPS) is 11.2. The number of nitrogens with zero attached hydrogens (tertiary/aromatic N) is 1. The minimum absolute atomic E-state index is 0.108. The van der Waals surface area contributed by atoms with Gasteiger partial charge in [-0.15, -0.1) is 0 Å². The minimum Gasteiger partial charge on any atom is -0.383 e. The molecule has 2 heteroatoms. The van der Waals surface area contributed by atoms with E-state index < -0.39 is 0 Å². The van der Waals surface area contributed by atoms with Crippen LogP contribution in [0.1, 0.15) is 19.4 Å². The highest BCUT2D eigenvalue weighted by Crippen LogP contribution is 2.23. The van der Waals surface area contributed by atoms with Gasteiger partial charge < -0.3 is 5.32 Å². The molecule has 0 aliphatic rings. The molecule has 0 saturated heterocycles. The van der Waals surface area contributed by atoms with E-state index in [0.29, 0.717) is 0 Å². The number of pyridine rings is 1. The molecule has 0 fully saturated rings. The van der Waals surface area contributed by atoms with Crippen molar-refractivity contribution in [3.8, 4) is 0 Å². The fourth-order valence-electron chi connectivity index (χ4n) is 1.78. The van der Waals surface area contributed by atoms with Crippen LogP contribution in [0.25, 0.3) is 0 Å². The lowest BCUT2D eigenvalue weighted by Crippen LogP contribution is -2.27. The summed E-state index contributed by atoms with van der Waals surface area (Å²) < 4.78 is 0. The Hall–Kier alpha value is -1.83. The quantitative estimate of drug-likeness (QED) is 0.863. The average Bonchev–Trinajstić information content (AvgIpc) is 2.39.